The Kier molecular flexibility index (Phi) is 6.02. The number of hydrogen-bond acceptors (Lipinski definition) is 2. The third-order valence-electron chi connectivity index (χ3n) is 3.10. The molecule has 19 heavy (non-hydrogen) atoms. The van der Waals surface area contributed by atoms with Crippen LogP contribution in [0, 0.1) is 20.8 Å². The van der Waals surface area contributed by atoms with Gasteiger partial charge in [-0.15, -0.1) is 0 Å². The maximum atomic E-state index is 12.7. The molecule has 0 aliphatic rings. The van der Waals surface area contributed by atoms with E-state index in [4.69, 9.17) is 0 Å². The molecule has 0 amide bonds. The Morgan fingerprint density at radius 1 is 1.16 bits per heavy atom. The first-order valence-electron chi connectivity index (χ1n) is 6.48. The molecule has 5 heteroatoms. The minimum Gasteiger partial charge on any atom is -0.207 e. The van der Waals surface area contributed by atoms with Gasteiger partial charge in [-0.2, -0.15) is 4.31 Å². The van der Waals surface area contributed by atoms with E-state index in [0.29, 0.717) is 18.0 Å². The Morgan fingerprint density at radius 2 is 1.68 bits per heavy atom. The number of alkyl halides is 1. The second-order valence-electron chi connectivity index (χ2n) is 4.77. The summed E-state index contributed by atoms with van der Waals surface area (Å²) in [6.45, 7) is 8.65. The lowest BCUT2D eigenvalue weighted by Gasteiger charge is -2.22. The van der Waals surface area contributed by atoms with Gasteiger partial charge in [0.25, 0.3) is 0 Å². The van der Waals surface area contributed by atoms with Crippen LogP contribution in [0.3, 0.4) is 0 Å². The van der Waals surface area contributed by atoms with Crippen molar-refractivity contribution in [3.8, 4) is 0 Å². The Morgan fingerprint density at radius 3 is 2.11 bits per heavy atom. The minimum absolute atomic E-state index is 0.467. The first-order valence-corrected chi connectivity index (χ1v) is 9.04. The molecule has 1 aromatic rings. The summed E-state index contributed by atoms with van der Waals surface area (Å²) in [6, 6.07) is 3.86. The average molecular weight is 348 g/mol. The first kappa shape index (κ1) is 16.7. The second-order valence-corrected chi connectivity index (χ2v) is 7.43. The van der Waals surface area contributed by atoms with Crippen LogP contribution in [0.4, 0.5) is 0 Å². The van der Waals surface area contributed by atoms with E-state index in [-0.39, 0.29) is 0 Å². The molecule has 0 radical (unpaired) electrons. The quantitative estimate of drug-likeness (QED) is 0.739. The zero-order valence-corrected chi connectivity index (χ0v) is 14.4. The standard InChI is InChI=1S/C14H22BrNO2S/c1-5-16(8-6-7-15)19(17,18)14-12(3)9-11(2)10-13(14)4/h9-10H,5-8H2,1-4H3. The normalized spacial score (nSPS) is 12.1. The number of benzene rings is 1. The molecule has 0 unspecified atom stereocenters. The van der Waals surface area contributed by atoms with Crippen LogP contribution in [-0.2, 0) is 10.0 Å². The molecule has 0 atom stereocenters. The third-order valence-corrected chi connectivity index (χ3v) is 5.94. The molecule has 0 N–H and O–H groups in total. The maximum absolute atomic E-state index is 12.7. The predicted molar refractivity (Wildman–Crippen MR) is 83.5 cm³/mol. The highest BCUT2D eigenvalue weighted by atomic mass is 79.9. The van der Waals surface area contributed by atoms with Crippen molar-refractivity contribution in [3.63, 3.8) is 0 Å². The molecule has 0 spiro atoms. The van der Waals surface area contributed by atoms with Crippen LogP contribution >= 0.6 is 15.9 Å². The summed E-state index contributed by atoms with van der Waals surface area (Å²) in [5.41, 5.74) is 2.75. The SMILES string of the molecule is CCN(CCCBr)S(=O)(=O)c1c(C)cc(C)cc1C. The van der Waals surface area contributed by atoms with Crippen molar-refractivity contribution in [2.45, 2.75) is 39.0 Å². The summed E-state index contributed by atoms with van der Waals surface area (Å²) in [6.07, 6.45) is 0.816. The van der Waals surface area contributed by atoms with E-state index in [1.54, 1.807) is 4.31 Å². The smallest absolute Gasteiger partial charge is 0.207 e. The highest BCUT2D eigenvalue weighted by Gasteiger charge is 2.26. The van der Waals surface area contributed by atoms with Gasteiger partial charge in [0.1, 0.15) is 0 Å². The lowest BCUT2D eigenvalue weighted by molar-refractivity contribution is 0.428. The molecular formula is C14H22BrNO2S. The fourth-order valence-electron chi connectivity index (χ4n) is 2.39. The zero-order valence-electron chi connectivity index (χ0n) is 12.0. The fourth-order valence-corrected chi connectivity index (χ4v) is 4.54. The van der Waals surface area contributed by atoms with E-state index >= 15 is 0 Å². The lowest BCUT2D eigenvalue weighted by Crippen LogP contribution is -2.33. The molecule has 1 rings (SSSR count). The van der Waals surface area contributed by atoms with Gasteiger partial charge < -0.3 is 0 Å². The minimum atomic E-state index is -3.39. The van der Waals surface area contributed by atoms with Crippen LogP contribution in [0.2, 0.25) is 0 Å². The molecule has 1 aromatic carbocycles. The molecular weight excluding hydrogens is 326 g/mol. The molecule has 0 heterocycles. The van der Waals surface area contributed by atoms with Gasteiger partial charge in [-0.3, -0.25) is 0 Å². The molecule has 0 saturated heterocycles. The Bertz CT molecular complexity index is 517. The Hall–Kier alpha value is -0.390. The van der Waals surface area contributed by atoms with Crippen molar-refractivity contribution in [2.24, 2.45) is 0 Å². The van der Waals surface area contributed by atoms with Crippen LogP contribution in [0.1, 0.15) is 30.0 Å². The molecule has 0 aliphatic heterocycles. The van der Waals surface area contributed by atoms with Gasteiger partial charge in [0.2, 0.25) is 10.0 Å². The van der Waals surface area contributed by atoms with E-state index in [1.165, 1.54) is 0 Å². The van der Waals surface area contributed by atoms with Crippen molar-refractivity contribution >= 4 is 26.0 Å². The molecule has 0 saturated carbocycles. The molecule has 0 fully saturated rings. The van der Waals surface area contributed by atoms with Gasteiger partial charge in [0.05, 0.1) is 4.90 Å². The number of aryl methyl sites for hydroxylation is 3. The number of hydrogen-bond donors (Lipinski definition) is 0. The largest absolute Gasteiger partial charge is 0.243 e. The highest BCUT2D eigenvalue weighted by molar-refractivity contribution is 9.09. The lowest BCUT2D eigenvalue weighted by atomic mass is 10.1. The summed E-state index contributed by atoms with van der Waals surface area (Å²) < 4.78 is 27.0. The molecule has 0 aromatic heterocycles. The van der Waals surface area contributed by atoms with Crippen molar-refractivity contribution in [3.05, 3.63) is 28.8 Å². The van der Waals surface area contributed by atoms with Crippen molar-refractivity contribution in [2.75, 3.05) is 18.4 Å². The number of nitrogens with zero attached hydrogens (tertiary/aromatic N) is 1. The van der Waals surface area contributed by atoms with Crippen LogP contribution in [0.25, 0.3) is 0 Å². The monoisotopic (exact) mass is 347 g/mol. The van der Waals surface area contributed by atoms with Crippen molar-refractivity contribution < 1.29 is 8.42 Å². The van der Waals surface area contributed by atoms with Gasteiger partial charge in [0.15, 0.2) is 0 Å². The predicted octanol–water partition coefficient (Wildman–Crippen LogP) is 3.41. The summed E-state index contributed by atoms with van der Waals surface area (Å²) in [4.78, 5) is 0.467. The second kappa shape index (κ2) is 6.86. The fraction of sp³-hybridized carbons (Fsp3) is 0.571. The Labute approximate surface area is 125 Å². The number of rotatable bonds is 6. The molecule has 108 valence electrons. The van der Waals surface area contributed by atoms with Crippen LogP contribution in [0.5, 0.6) is 0 Å². The summed E-state index contributed by atoms with van der Waals surface area (Å²) >= 11 is 3.35. The van der Waals surface area contributed by atoms with Gasteiger partial charge in [-0.25, -0.2) is 8.42 Å². The topological polar surface area (TPSA) is 37.4 Å². The average Bonchev–Trinajstić information content (AvgIpc) is 2.27. The van der Waals surface area contributed by atoms with Crippen LogP contribution < -0.4 is 0 Å². The summed E-state index contributed by atoms with van der Waals surface area (Å²) in [7, 11) is -3.39. The molecule has 0 aliphatic carbocycles. The zero-order chi connectivity index (χ0) is 14.6. The van der Waals surface area contributed by atoms with Crippen molar-refractivity contribution in [1.82, 2.24) is 4.31 Å². The highest BCUT2D eigenvalue weighted by Crippen LogP contribution is 2.25. The van der Waals surface area contributed by atoms with E-state index in [1.807, 2.05) is 39.8 Å². The summed E-state index contributed by atoms with van der Waals surface area (Å²) in [5, 5.41) is 0.810. The Balaban J connectivity index is 3.26. The van der Waals surface area contributed by atoms with E-state index < -0.39 is 10.0 Å². The van der Waals surface area contributed by atoms with Crippen LogP contribution in [0.15, 0.2) is 17.0 Å². The van der Waals surface area contributed by atoms with E-state index in [2.05, 4.69) is 15.9 Å². The van der Waals surface area contributed by atoms with Crippen LogP contribution in [-0.4, -0.2) is 31.1 Å². The van der Waals surface area contributed by atoms with Gasteiger partial charge in [0, 0.05) is 18.4 Å². The molecule has 0 bridgehead atoms. The number of sulfonamides is 1. The first-order chi connectivity index (χ1) is 8.84. The van der Waals surface area contributed by atoms with E-state index in [0.717, 1.165) is 28.4 Å². The molecule has 3 nitrogen and oxygen atoms in total. The third kappa shape index (κ3) is 3.80. The van der Waals surface area contributed by atoms with Crippen molar-refractivity contribution in [1.29, 1.82) is 0 Å². The van der Waals surface area contributed by atoms with Gasteiger partial charge in [-0.1, -0.05) is 40.5 Å². The summed E-state index contributed by atoms with van der Waals surface area (Å²) in [5.74, 6) is 0. The maximum Gasteiger partial charge on any atom is 0.243 e. The van der Waals surface area contributed by atoms with Gasteiger partial charge in [-0.05, 0) is 38.3 Å². The van der Waals surface area contributed by atoms with E-state index in [9.17, 15) is 8.42 Å². The van der Waals surface area contributed by atoms with Gasteiger partial charge >= 0.3 is 0 Å². The number of halogens is 1.